The van der Waals surface area contributed by atoms with Crippen LogP contribution >= 0.6 is 0 Å². The molecule has 1 saturated heterocycles. The molecule has 0 aromatic heterocycles. The second-order valence-corrected chi connectivity index (χ2v) is 8.02. The maximum absolute atomic E-state index is 11.5. The number of benzene rings is 2. The van der Waals surface area contributed by atoms with Crippen LogP contribution in [0.3, 0.4) is 0 Å². The molecule has 2 aromatic rings. The minimum absolute atomic E-state index is 0.0739. The first kappa shape index (κ1) is 17.3. The third kappa shape index (κ3) is 3.03. The molecule has 0 aliphatic carbocycles. The molecule has 5 rings (SSSR count). The maximum atomic E-state index is 11.5. The Balaban J connectivity index is 1.27. The number of carbonyl (C=O) groups excluding carboxylic acids is 2. The van der Waals surface area contributed by atoms with Crippen molar-refractivity contribution in [2.24, 2.45) is 11.7 Å². The van der Waals surface area contributed by atoms with E-state index in [1.165, 1.54) is 5.56 Å². The van der Waals surface area contributed by atoms with Crippen LogP contribution in [-0.2, 0) is 17.6 Å². The van der Waals surface area contributed by atoms with Gasteiger partial charge in [-0.3, -0.25) is 9.59 Å². The zero-order chi connectivity index (χ0) is 19.3. The van der Waals surface area contributed by atoms with Crippen molar-refractivity contribution >= 4 is 17.5 Å². The molecule has 3 heterocycles. The highest BCUT2D eigenvalue weighted by Crippen LogP contribution is 2.42. The van der Waals surface area contributed by atoms with Gasteiger partial charge in [-0.1, -0.05) is 12.1 Å². The van der Waals surface area contributed by atoms with Gasteiger partial charge in [0, 0.05) is 42.7 Å². The van der Waals surface area contributed by atoms with Crippen LogP contribution in [0.5, 0.6) is 5.75 Å². The fourth-order valence-corrected chi connectivity index (χ4v) is 4.71. The Morgan fingerprint density at radius 3 is 2.96 bits per heavy atom. The summed E-state index contributed by atoms with van der Waals surface area (Å²) in [5.41, 5.74) is 10.4. The van der Waals surface area contributed by atoms with E-state index in [9.17, 15) is 9.59 Å². The fraction of sp³-hybridized carbons (Fsp3) is 0.364. The molecule has 28 heavy (non-hydrogen) atoms. The zero-order valence-electron chi connectivity index (χ0n) is 15.6. The standard InChI is InChI=1S/C22H23N3O3/c23-22(27)14-2-4-20-17(8-14)18-11-25(10-16(18)12-28-20)6-5-13-1-3-19-15(7-13)9-21(26)24-19/h1-4,7-8,16,18H,5-6,9-12H2,(H2,23,27)(H,24,26)/t16-,18+/m1/s1. The van der Waals surface area contributed by atoms with Crippen LogP contribution in [0.2, 0.25) is 0 Å². The van der Waals surface area contributed by atoms with E-state index in [1.807, 2.05) is 18.2 Å². The van der Waals surface area contributed by atoms with E-state index < -0.39 is 5.91 Å². The summed E-state index contributed by atoms with van der Waals surface area (Å²) < 4.78 is 5.93. The predicted molar refractivity (Wildman–Crippen MR) is 106 cm³/mol. The van der Waals surface area contributed by atoms with E-state index in [0.717, 1.165) is 55.2 Å². The van der Waals surface area contributed by atoms with E-state index in [0.29, 0.717) is 23.8 Å². The summed E-state index contributed by atoms with van der Waals surface area (Å²) in [7, 11) is 0. The molecule has 2 amide bonds. The molecule has 3 aliphatic heterocycles. The van der Waals surface area contributed by atoms with Gasteiger partial charge in [0.05, 0.1) is 13.0 Å². The largest absolute Gasteiger partial charge is 0.493 e. The van der Waals surface area contributed by atoms with E-state index in [2.05, 4.69) is 22.3 Å². The molecule has 144 valence electrons. The SMILES string of the molecule is NC(=O)c1ccc2c(c1)[C@H]1CN(CCc3ccc4c(c3)CC(=O)N4)C[C@@H]1CO2. The number of nitrogens with one attached hydrogen (secondary N) is 1. The molecule has 0 radical (unpaired) electrons. The van der Waals surface area contributed by atoms with Crippen molar-refractivity contribution in [2.45, 2.75) is 18.8 Å². The number of hydrogen-bond acceptors (Lipinski definition) is 4. The van der Waals surface area contributed by atoms with Gasteiger partial charge in [0.2, 0.25) is 11.8 Å². The molecule has 2 atom stereocenters. The van der Waals surface area contributed by atoms with E-state index in [-0.39, 0.29) is 5.91 Å². The van der Waals surface area contributed by atoms with Crippen molar-refractivity contribution in [3.63, 3.8) is 0 Å². The minimum atomic E-state index is -0.399. The zero-order valence-corrected chi connectivity index (χ0v) is 15.6. The number of nitrogens with zero attached hydrogens (tertiary/aromatic N) is 1. The lowest BCUT2D eigenvalue weighted by Gasteiger charge is -2.28. The Morgan fingerprint density at radius 1 is 1.21 bits per heavy atom. The quantitative estimate of drug-likeness (QED) is 0.853. The van der Waals surface area contributed by atoms with Crippen LogP contribution < -0.4 is 15.8 Å². The summed E-state index contributed by atoms with van der Waals surface area (Å²) in [6.07, 6.45) is 1.43. The second-order valence-electron chi connectivity index (χ2n) is 8.02. The fourth-order valence-electron chi connectivity index (χ4n) is 4.71. The van der Waals surface area contributed by atoms with E-state index in [4.69, 9.17) is 10.5 Å². The van der Waals surface area contributed by atoms with Crippen molar-refractivity contribution in [2.75, 3.05) is 31.6 Å². The number of nitrogens with two attached hydrogens (primary N) is 1. The second kappa shape index (κ2) is 6.63. The van der Waals surface area contributed by atoms with Gasteiger partial charge in [0.1, 0.15) is 5.75 Å². The van der Waals surface area contributed by atoms with Crippen molar-refractivity contribution in [1.82, 2.24) is 4.90 Å². The van der Waals surface area contributed by atoms with Gasteiger partial charge in [0.25, 0.3) is 0 Å². The topological polar surface area (TPSA) is 84.7 Å². The molecule has 0 bridgehead atoms. The maximum Gasteiger partial charge on any atom is 0.248 e. The first-order valence-corrected chi connectivity index (χ1v) is 9.77. The highest BCUT2D eigenvalue weighted by molar-refractivity contribution is 5.99. The Morgan fingerprint density at radius 2 is 2.11 bits per heavy atom. The van der Waals surface area contributed by atoms with Crippen molar-refractivity contribution in [3.8, 4) is 5.75 Å². The molecule has 3 aliphatic rings. The number of likely N-dealkylation sites (tertiary alicyclic amines) is 1. The summed E-state index contributed by atoms with van der Waals surface area (Å²) in [6, 6.07) is 11.8. The van der Waals surface area contributed by atoms with Crippen LogP contribution in [0.15, 0.2) is 36.4 Å². The number of rotatable bonds is 4. The molecule has 6 nitrogen and oxygen atoms in total. The van der Waals surface area contributed by atoms with Crippen molar-refractivity contribution in [3.05, 3.63) is 58.7 Å². The first-order chi connectivity index (χ1) is 13.6. The molecule has 0 spiro atoms. The Kier molecular flexibility index (Phi) is 4.09. The van der Waals surface area contributed by atoms with Gasteiger partial charge in [0.15, 0.2) is 0 Å². The third-order valence-corrected chi connectivity index (χ3v) is 6.17. The molecule has 1 fully saturated rings. The monoisotopic (exact) mass is 377 g/mol. The summed E-state index contributed by atoms with van der Waals surface area (Å²) in [6.45, 7) is 3.65. The average Bonchev–Trinajstić information content (AvgIpc) is 3.27. The van der Waals surface area contributed by atoms with Crippen LogP contribution in [0.25, 0.3) is 0 Å². The number of primary amides is 1. The van der Waals surface area contributed by atoms with E-state index in [1.54, 1.807) is 6.07 Å². The summed E-state index contributed by atoms with van der Waals surface area (Å²) in [4.78, 5) is 25.6. The van der Waals surface area contributed by atoms with Crippen molar-refractivity contribution < 1.29 is 14.3 Å². The number of fused-ring (bicyclic) bond motifs is 4. The van der Waals surface area contributed by atoms with Gasteiger partial charge in [-0.05, 0) is 47.4 Å². The third-order valence-electron chi connectivity index (χ3n) is 6.17. The van der Waals surface area contributed by atoms with Gasteiger partial charge in [-0.25, -0.2) is 0 Å². The smallest absolute Gasteiger partial charge is 0.248 e. The van der Waals surface area contributed by atoms with Crippen LogP contribution in [0.4, 0.5) is 5.69 Å². The highest BCUT2D eigenvalue weighted by Gasteiger charge is 2.38. The van der Waals surface area contributed by atoms with Crippen LogP contribution in [0, 0.1) is 5.92 Å². The predicted octanol–water partition coefficient (Wildman–Crippen LogP) is 1.93. The molecule has 6 heteroatoms. The van der Waals surface area contributed by atoms with Crippen LogP contribution in [0.1, 0.15) is 33.0 Å². The molecule has 2 aromatic carbocycles. The highest BCUT2D eigenvalue weighted by atomic mass is 16.5. The van der Waals surface area contributed by atoms with Crippen molar-refractivity contribution in [1.29, 1.82) is 0 Å². The van der Waals surface area contributed by atoms with Gasteiger partial charge < -0.3 is 20.7 Å². The summed E-state index contributed by atoms with van der Waals surface area (Å²) in [5, 5.41) is 2.88. The number of carbonyl (C=O) groups is 2. The van der Waals surface area contributed by atoms with Gasteiger partial charge in [-0.2, -0.15) is 0 Å². The minimum Gasteiger partial charge on any atom is -0.493 e. The normalized spacial score (nSPS) is 22.8. The summed E-state index contributed by atoms with van der Waals surface area (Å²) >= 11 is 0. The number of amides is 2. The first-order valence-electron chi connectivity index (χ1n) is 9.77. The van der Waals surface area contributed by atoms with Gasteiger partial charge >= 0.3 is 0 Å². The van der Waals surface area contributed by atoms with Gasteiger partial charge in [-0.15, -0.1) is 0 Å². The molecular formula is C22H23N3O3. The Hall–Kier alpha value is -2.86. The molecule has 3 N–H and O–H groups in total. The molecular weight excluding hydrogens is 354 g/mol. The lowest BCUT2D eigenvalue weighted by atomic mass is 9.86. The number of hydrogen-bond donors (Lipinski definition) is 2. The number of anilines is 1. The lowest BCUT2D eigenvalue weighted by molar-refractivity contribution is -0.115. The number of ether oxygens (including phenoxy) is 1. The van der Waals surface area contributed by atoms with Crippen LogP contribution in [-0.4, -0.2) is 43.0 Å². The average molecular weight is 377 g/mol. The molecule has 0 unspecified atom stereocenters. The Labute approximate surface area is 163 Å². The summed E-state index contributed by atoms with van der Waals surface area (Å²) in [5.74, 6) is 1.38. The molecule has 0 saturated carbocycles. The Bertz CT molecular complexity index is 971. The lowest BCUT2D eigenvalue weighted by Crippen LogP contribution is -2.26. The van der Waals surface area contributed by atoms with E-state index >= 15 is 0 Å².